The Hall–Kier alpha value is -2.34. The number of sulfone groups is 1. The summed E-state index contributed by atoms with van der Waals surface area (Å²) >= 11 is 0. The largest absolute Gasteiger partial charge is 0.478 e. The third kappa shape index (κ3) is 4.14. The minimum absolute atomic E-state index is 0.0165. The molecule has 5 nitrogen and oxygen atoms in total. The monoisotopic (exact) mass is 347 g/mol. The van der Waals surface area contributed by atoms with Crippen LogP contribution in [0.5, 0.6) is 0 Å². The van der Waals surface area contributed by atoms with Gasteiger partial charge in [-0.15, -0.1) is 0 Å². The van der Waals surface area contributed by atoms with Crippen LogP contribution in [0.1, 0.15) is 34.8 Å². The number of nitrogen functional groups attached to an aromatic ring is 1. The fourth-order valence-electron chi connectivity index (χ4n) is 2.58. The van der Waals surface area contributed by atoms with Crippen molar-refractivity contribution in [2.45, 2.75) is 31.1 Å². The fraction of sp³-hybridized carbons (Fsp3) is 0.278. The minimum atomic E-state index is -3.33. The Morgan fingerprint density at radius 3 is 2.50 bits per heavy atom. The molecule has 24 heavy (non-hydrogen) atoms. The van der Waals surface area contributed by atoms with Crippen LogP contribution >= 0.6 is 0 Å². The number of nitrogens with two attached hydrogens (primary N) is 1. The Kier molecular flexibility index (Phi) is 5.62. The lowest BCUT2D eigenvalue weighted by Gasteiger charge is -2.11. The highest BCUT2D eigenvalue weighted by Gasteiger charge is 2.17. The summed E-state index contributed by atoms with van der Waals surface area (Å²) in [6, 6.07) is 11.9. The average Bonchev–Trinajstić information content (AvgIpc) is 2.56. The highest BCUT2D eigenvalue weighted by atomic mass is 32.2. The van der Waals surface area contributed by atoms with Gasteiger partial charge in [0.05, 0.1) is 21.9 Å². The van der Waals surface area contributed by atoms with Gasteiger partial charge in [-0.3, -0.25) is 0 Å². The lowest BCUT2D eigenvalue weighted by molar-refractivity contribution is 0.0696. The quantitative estimate of drug-likeness (QED) is 0.751. The number of anilines is 1. The second-order valence-electron chi connectivity index (χ2n) is 5.59. The zero-order chi connectivity index (χ0) is 17.7. The van der Waals surface area contributed by atoms with Crippen molar-refractivity contribution in [3.8, 4) is 0 Å². The Balaban J connectivity index is 2.09. The van der Waals surface area contributed by atoms with Crippen molar-refractivity contribution < 1.29 is 18.3 Å². The van der Waals surface area contributed by atoms with Crippen LogP contribution in [0.3, 0.4) is 0 Å². The van der Waals surface area contributed by atoms with Gasteiger partial charge in [0.2, 0.25) is 0 Å². The molecule has 0 radical (unpaired) electrons. The zero-order valence-corrected chi connectivity index (χ0v) is 14.3. The Morgan fingerprint density at radius 1 is 1.12 bits per heavy atom. The van der Waals surface area contributed by atoms with E-state index < -0.39 is 15.8 Å². The minimum Gasteiger partial charge on any atom is -0.478 e. The van der Waals surface area contributed by atoms with Gasteiger partial charge in [-0.05, 0) is 48.6 Å². The second-order valence-corrected chi connectivity index (χ2v) is 7.84. The summed E-state index contributed by atoms with van der Waals surface area (Å²) < 4.78 is 24.1. The molecule has 0 aliphatic carbocycles. The summed E-state index contributed by atoms with van der Waals surface area (Å²) in [6.07, 6.45) is 2.09. The Labute approximate surface area is 142 Å². The molecule has 2 aromatic carbocycles. The van der Waals surface area contributed by atoms with Crippen LogP contribution < -0.4 is 5.73 Å². The van der Waals surface area contributed by atoms with Gasteiger partial charge in [0.1, 0.15) is 0 Å². The molecule has 6 heteroatoms. The topological polar surface area (TPSA) is 97.5 Å². The van der Waals surface area contributed by atoms with Gasteiger partial charge in [0, 0.05) is 0 Å². The number of benzene rings is 2. The van der Waals surface area contributed by atoms with Gasteiger partial charge in [0.25, 0.3) is 0 Å². The molecule has 0 fully saturated rings. The molecule has 0 aliphatic rings. The average molecular weight is 347 g/mol. The number of aryl methyl sites for hydroxylation is 2. The summed E-state index contributed by atoms with van der Waals surface area (Å²) in [6.45, 7) is 1.59. The third-order valence-corrected chi connectivity index (χ3v) is 5.74. The lowest BCUT2D eigenvalue weighted by atomic mass is 10.0. The van der Waals surface area contributed by atoms with E-state index in [4.69, 9.17) is 10.8 Å². The highest BCUT2D eigenvalue weighted by molar-refractivity contribution is 7.91. The van der Waals surface area contributed by atoms with Crippen LogP contribution in [0.2, 0.25) is 0 Å². The standard InChI is InChI=1S/C18H21NO4S/c1-2-24(22,23)16-11-5-9-14(17(16)19)8-3-6-13-7-4-10-15(12-13)18(20)21/h4-5,7,9-12H,2-3,6,8,19H2,1H3,(H,20,21). The van der Waals surface area contributed by atoms with Crippen LogP contribution in [0.4, 0.5) is 5.69 Å². The van der Waals surface area contributed by atoms with E-state index in [1.54, 1.807) is 31.2 Å². The van der Waals surface area contributed by atoms with Crippen molar-refractivity contribution in [1.82, 2.24) is 0 Å². The maximum absolute atomic E-state index is 12.0. The predicted molar refractivity (Wildman–Crippen MR) is 94.0 cm³/mol. The molecule has 0 heterocycles. The van der Waals surface area contributed by atoms with Crippen molar-refractivity contribution in [3.63, 3.8) is 0 Å². The summed E-state index contributed by atoms with van der Waals surface area (Å²) in [4.78, 5) is 11.2. The molecule has 0 bridgehead atoms. The molecule has 0 spiro atoms. The van der Waals surface area contributed by atoms with Gasteiger partial charge >= 0.3 is 5.97 Å². The molecule has 128 valence electrons. The van der Waals surface area contributed by atoms with E-state index in [1.165, 1.54) is 6.07 Å². The van der Waals surface area contributed by atoms with Crippen molar-refractivity contribution in [2.75, 3.05) is 11.5 Å². The van der Waals surface area contributed by atoms with Gasteiger partial charge in [-0.25, -0.2) is 13.2 Å². The maximum Gasteiger partial charge on any atom is 0.335 e. The number of aromatic carboxylic acids is 1. The third-order valence-electron chi connectivity index (χ3n) is 3.96. The number of para-hydroxylation sites is 1. The molecule has 0 atom stereocenters. The van der Waals surface area contributed by atoms with Gasteiger partial charge < -0.3 is 10.8 Å². The van der Waals surface area contributed by atoms with E-state index in [2.05, 4.69) is 0 Å². The number of carboxylic acids is 1. The van der Waals surface area contributed by atoms with Crippen molar-refractivity contribution >= 4 is 21.5 Å². The van der Waals surface area contributed by atoms with Crippen LogP contribution in [0, 0.1) is 0 Å². The van der Waals surface area contributed by atoms with Crippen LogP contribution in [0.15, 0.2) is 47.4 Å². The molecule has 0 aromatic heterocycles. The molecule has 0 saturated heterocycles. The summed E-state index contributed by atoms with van der Waals surface area (Å²) in [5.74, 6) is -0.929. The van der Waals surface area contributed by atoms with Crippen LogP contribution in [0.25, 0.3) is 0 Å². The van der Waals surface area contributed by atoms with Gasteiger partial charge in [-0.1, -0.05) is 31.2 Å². The molecular formula is C18H21NO4S. The van der Waals surface area contributed by atoms with Crippen molar-refractivity contribution in [1.29, 1.82) is 0 Å². The normalized spacial score (nSPS) is 11.4. The van der Waals surface area contributed by atoms with Gasteiger partial charge in [-0.2, -0.15) is 0 Å². The summed E-state index contributed by atoms with van der Waals surface area (Å²) in [7, 11) is -3.33. The number of hydrogen-bond donors (Lipinski definition) is 2. The number of hydrogen-bond acceptors (Lipinski definition) is 4. The maximum atomic E-state index is 12.0. The number of carboxylic acid groups (broad SMARTS) is 1. The van der Waals surface area contributed by atoms with E-state index >= 15 is 0 Å². The molecule has 0 amide bonds. The van der Waals surface area contributed by atoms with Crippen molar-refractivity contribution in [2.24, 2.45) is 0 Å². The van der Waals surface area contributed by atoms with Crippen LogP contribution in [-0.2, 0) is 22.7 Å². The molecule has 3 N–H and O–H groups in total. The summed E-state index contributed by atoms with van der Waals surface area (Å²) in [5.41, 5.74) is 8.36. The first-order chi connectivity index (χ1) is 11.3. The molecule has 0 saturated carbocycles. The summed E-state index contributed by atoms with van der Waals surface area (Å²) in [5, 5.41) is 9.01. The highest BCUT2D eigenvalue weighted by Crippen LogP contribution is 2.25. The number of carbonyl (C=O) groups is 1. The first-order valence-electron chi connectivity index (χ1n) is 7.77. The molecule has 2 aromatic rings. The van der Waals surface area contributed by atoms with Gasteiger partial charge in [0.15, 0.2) is 9.84 Å². The zero-order valence-electron chi connectivity index (χ0n) is 13.5. The van der Waals surface area contributed by atoms with Crippen molar-refractivity contribution in [3.05, 3.63) is 59.2 Å². The van der Waals surface area contributed by atoms with E-state index in [0.717, 1.165) is 17.5 Å². The second kappa shape index (κ2) is 7.49. The molecular weight excluding hydrogens is 326 g/mol. The first-order valence-corrected chi connectivity index (χ1v) is 9.42. The molecule has 2 rings (SSSR count). The van der Waals surface area contributed by atoms with E-state index in [1.807, 2.05) is 12.1 Å². The molecule has 0 aliphatic heterocycles. The Bertz CT molecular complexity index is 844. The lowest BCUT2D eigenvalue weighted by Crippen LogP contribution is -2.09. The number of rotatable bonds is 7. The predicted octanol–water partition coefficient (Wildman–Crippen LogP) is 2.94. The Morgan fingerprint density at radius 2 is 1.83 bits per heavy atom. The fourth-order valence-corrected chi connectivity index (χ4v) is 3.64. The van der Waals surface area contributed by atoms with E-state index in [0.29, 0.717) is 18.5 Å². The van der Waals surface area contributed by atoms with Crippen LogP contribution in [-0.4, -0.2) is 25.2 Å². The molecule has 0 unspecified atom stereocenters. The van der Waals surface area contributed by atoms with E-state index in [9.17, 15) is 13.2 Å². The first kappa shape index (κ1) is 18.0. The van der Waals surface area contributed by atoms with E-state index in [-0.39, 0.29) is 16.2 Å². The SMILES string of the molecule is CCS(=O)(=O)c1cccc(CCCc2cccc(C(=O)O)c2)c1N. The smallest absolute Gasteiger partial charge is 0.335 e.